The fraction of sp³-hybridized carbons (Fsp3) is 0.667. The molecule has 0 aliphatic rings. The highest BCUT2D eigenvalue weighted by atomic mass is 31.2. The number of rotatable bonds is 41. The largest absolute Gasteiger partial charge is 0.472 e. The molecule has 0 bridgehead atoms. The summed E-state index contributed by atoms with van der Waals surface area (Å²) in [4.78, 5) is 35.1. The maximum absolute atomic E-state index is 12.6. The number of aliphatic hydroxyl groups excluding tert-OH is 2. The van der Waals surface area contributed by atoms with Gasteiger partial charge >= 0.3 is 19.8 Å². The number of esters is 2. The Morgan fingerprint density at radius 2 is 0.881 bits per heavy atom. The molecule has 0 rings (SSSR count). The lowest BCUT2D eigenvalue weighted by Crippen LogP contribution is -2.29. The highest BCUT2D eigenvalue weighted by molar-refractivity contribution is 7.47. The van der Waals surface area contributed by atoms with Gasteiger partial charge in [0.1, 0.15) is 12.7 Å². The number of carbonyl (C=O) groups is 2. The third-order valence-corrected chi connectivity index (χ3v) is 10.00. The number of phosphoric ester groups is 1. The minimum Gasteiger partial charge on any atom is -0.462 e. The molecule has 0 saturated carbocycles. The van der Waals surface area contributed by atoms with Crippen molar-refractivity contribution in [1.82, 2.24) is 0 Å². The lowest BCUT2D eigenvalue weighted by Gasteiger charge is -2.20. The molecule has 10 nitrogen and oxygen atoms in total. The van der Waals surface area contributed by atoms with Crippen LogP contribution in [0.4, 0.5) is 0 Å². The molecule has 0 radical (unpaired) electrons. The number of carbonyl (C=O) groups excluding carboxylic acids is 2. The van der Waals surface area contributed by atoms with Crippen LogP contribution in [0.2, 0.25) is 0 Å². The molecule has 0 aromatic heterocycles. The first-order valence-electron chi connectivity index (χ1n) is 22.5. The topological polar surface area (TPSA) is 149 Å². The molecule has 11 heteroatoms. The molecule has 0 saturated heterocycles. The van der Waals surface area contributed by atoms with Gasteiger partial charge in [-0.25, -0.2) is 4.57 Å². The van der Waals surface area contributed by atoms with E-state index in [-0.39, 0.29) is 19.4 Å². The second kappa shape index (κ2) is 43.2. The second-order valence-electron chi connectivity index (χ2n) is 14.7. The number of unbranched alkanes of at least 4 members (excludes halogenated alkanes) is 13. The minimum atomic E-state index is -4.63. The Morgan fingerprint density at radius 1 is 0.508 bits per heavy atom. The summed E-state index contributed by atoms with van der Waals surface area (Å²) in [6.45, 7) is 2.12. The smallest absolute Gasteiger partial charge is 0.462 e. The summed E-state index contributed by atoms with van der Waals surface area (Å²) in [5.74, 6) is -0.959. The van der Waals surface area contributed by atoms with Gasteiger partial charge in [0.25, 0.3) is 0 Å². The number of hydrogen-bond acceptors (Lipinski definition) is 9. The standard InChI is InChI=1S/C48H81O10P/c1-3-5-7-9-11-13-15-17-19-21-22-24-26-28-30-32-34-36-38-40-48(52)58-46(44-57-59(53,54)56-42-45(50)41-49)43-55-47(51)39-37-35-33-31-29-27-25-23-20-18-16-14-12-10-8-6-4-2/h5-8,11-14,17-20,22,24,45-46,49-50H,3-4,9-10,15-16,21,23,25-44H2,1-2H3,(H,53,54)/b7-5-,8-6-,13-11-,14-12-,19-17-,20-18-,24-22-. The lowest BCUT2D eigenvalue weighted by atomic mass is 10.1. The first-order chi connectivity index (χ1) is 28.7. The predicted molar refractivity (Wildman–Crippen MR) is 242 cm³/mol. The van der Waals surface area contributed by atoms with Crippen molar-refractivity contribution in [2.75, 3.05) is 26.4 Å². The normalized spacial score (nSPS) is 14.6. The molecule has 3 atom stereocenters. The van der Waals surface area contributed by atoms with Gasteiger partial charge in [0.2, 0.25) is 0 Å². The summed E-state index contributed by atoms with van der Waals surface area (Å²) in [5, 5.41) is 18.4. The fourth-order valence-electron chi connectivity index (χ4n) is 5.64. The number of hydrogen-bond donors (Lipinski definition) is 3. The van der Waals surface area contributed by atoms with E-state index in [1.54, 1.807) is 0 Å². The van der Waals surface area contributed by atoms with Crippen molar-refractivity contribution < 1.29 is 47.8 Å². The molecule has 0 spiro atoms. The van der Waals surface area contributed by atoms with Crippen LogP contribution in [0.25, 0.3) is 0 Å². The Bertz CT molecular complexity index is 1250. The number of ether oxygens (including phenoxy) is 2. The van der Waals surface area contributed by atoms with Crippen LogP contribution in [0.5, 0.6) is 0 Å². The molecular formula is C48H81O10P. The van der Waals surface area contributed by atoms with Crippen molar-refractivity contribution in [1.29, 1.82) is 0 Å². The van der Waals surface area contributed by atoms with Crippen molar-refractivity contribution in [2.24, 2.45) is 0 Å². The zero-order valence-corrected chi connectivity index (χ0v) is 37.6. The number of allylic oxidation sites excluding steroid dienone is 14. The van der Waals surface area contributed by atoms with Crippen molar-refractivity contribution in [3.63, 3.8) is 0 Å². The summed E-state index contributed by atoms with van der Waals surface area (Å²) in [7, 11) is -4.63. The first-order valence-corrected chi connectivity index (χ1v) is 24.0. The van der Waals surface area contributed by atoms with Crippen LogP contribution in [0.15, 0.2) is 85.1 Å². The summed E-state index contributed by atoms with van der Waals surface area (Å²) >= 11 is 0. The van der Waals surface area contributed by atoms with Crippen molar-refractivity contribution >= 4 is 19.8 Å². The fourth-order valence-corrected chi connectivity index (χ4v) is 6.43. The zero-order chi connectivity index (χ0) is 43.3. The van der Waals surface area contributed by atoms with E-state index in [0.717, 1.165) is 109 Å². The third-order valence-electron chi connectivity index (χ3n) is 9.04. The molecule has 0 aromatic carbocycles. The zero-order valence-electron chi connectivity index (χ0n) is 36.7. The van der Waals surface area contributed by atoms with Gasteiger partial charge in [0.15, 0.2) is 6.10 Å². The van der Waals surface area contributed by atoms with Crippen LogP contribution in [0.3, 0.4) is 0 Å². The van der Waals surface area contributed by atoms with Gasteiger partial charge in [-0.3, -0.25) is 18.6 Å². The second-order valence-corrected chi connectivity index (χ2v) is 16.1. The summed E-state index contributed by atoms with van der Waals surface area (Å²) in [5.41, 5.74) is 0. The Labute approximate surface area is 358 Å². The molecule has 0 aromatic rings. The Morgan fingerprint density at radius 3 is 1.32 bits per heavy atom. The van der Waals surface area contributed by atoms with Crippen molar-refractivity contribution in [3.05, 3.63) is 85.1 Å². The Hall–Kier alpha value is -2.85. The van der Waals surface area contributed by atoms with Crippen LogP contribution >= 0.6 is 7.82 Å². The monoisotopic (exact) mass is 849 g/mol. The molecule has 0 aliphatic carbocycles. The molecule has 338 valence electrons. The van der Waals surface area contributed by atoms with E-state index in [1.807, 2.05) is 0 Å². The van der Waals surface area contributed by atoms with E-state index in [4.69, 9.17) is 23.6 Å². The highest BCUT2D eigenvalue weighted by Gasteiger charge is 2.27. The summed E-state index contributed by atoms with van der Waals surface area (Å²) in [6.07, 6.45) is 51.1. The van der Waals surface area contributed by atoms with E-state index >= 15 is 0 Å². The van der Waals surface area contributed by atoms with Gasteiger partial charge in [0, 0.05) is 12.8 Å². The molecule has 0 fully saturated rings. The van der Waals surface area contributed by atoms with E-state index in [9.17, 15) is 24.2 Å². The van der Waals surface area contributed by atoms with Crippen LogP contribution in [-0.2, 0) is 32.7 Å². The Kier molecular flexibility index (Phi) is 41.2. The van der Waals surface area contributed by atoms with Crippen LogP contribution in [0, 0.1) is 0 Å². The Balaban J connectivity index is 4.33. The van der Waals surface area contributed by atoms with Gasteiger partial charge in [-0.15, -0.1) is 0 Å². The van der Waals surface area contributed by atoms with Crippen LogP contribution in [-0.4, -0.2) is 65.7 Å². The molecule has 3 N–H and O–H groups in total. The molecule has 0 heterocycles. The highest BCUT2D eigenvalue weighted by Crippen LogP contribution is 2.43. The van der Waals surface area contributed by atoms with E-state index in [1.165, 1.54) is 19.3 Å². The van der Waals surface area contributed by atoms with E-state index < -0.39 is 51.8 Å². The van der Waals surface area contributed by atoms with Gasteiger partial charge in [-0.2, -0.15) is 0 Å². The SMILES string of the molecule is CC/C=C\C/C=C\C/C=C\C/C=C\CCCCCCCCC(=O)OC(COC(=O)CCCCCCCCC/C=C\C/C=C\C/C=C\CC)COP(=O)(O)OCC(O)CO. The van der Waals surface area contributed by atoms with Crippen LogP contribution in [0.1, 0.15) is 168 Å². The maximum atomic E-state index is 12.6. The maximum Gasteiger partial charge on any atom is 0.472 e. The lowest BCUT2D eigenvalue weighted by molar-refractivity contribution is -0.161. The molecule has 0 amide bonds. The van der Waals surface area contributed by atoms with Gasteiger partial charge in [-0.1, -0.05) is 157 Å². The van der Waals surface area contributed by atoms with Crippen molar-refractivity contribution in [2.45, 2.75) is 180 Å². The molecule has 3 unspecified atom stereocenters. The van der Waals surface area contributed by atoms with Crippen molar-refractivity contribution in [3.8, 4) is 0 Å². The van der Waals surface area contributed by atoms with E-state index in [0.29, 0.717) is 12.8 Å². The number of phosphoric acid groups is 1. The average molecular weight is 849 g/mol. The van der Waals surface area contributed by atoms with E-state index in [2.05, 4.69) is 98.9 Å². The molecule has 0 aliphatic heterocycles. The van der Waals surface area contributed by atoms with Gasteiger partial charge in [0.05, 0.1) is 19.8 Å². The van der Waals surface area contributed by atoms with Crippen LogP contribution < -0.4 is 0 Å². The predicted octanol–water partition coefficient (Wildman–Crippen LogP) is 12.2. The summed E-state index contributed by atoms with van der Waals surface area (Å²) in [6, 6.07) is 0. The van der Waals surface area contributed by atoms with Gasteiger partial charge < -0.3 is 24.6 Å². The summed E-state index contributed by atoms with van der Waals surface area (Å²) < 4.78 is 32.7. The molecule has 59 heavy (non-hydrogen) atoms. The third kappa shape index (κ3) is 43.1. The average Bonchev–Trinajstić information content (AvgIpc) is 3.22. The quantitative estimate of drug-likeness (QED) is 0.0235. The number of aliphatic hydroxyl groups is 2. The first kappa shape index (κ1) is 56.1. The molecular weight excluding hydrogens is 767 g/mol. The minimum absolute atomic E-state index is 0.161. The van der Waals surface area contributed by atoms with Gasteiger partial charge in [-0.05, 0) is 83.5 Å².